The Morgan fingerprint density at radius 2 is 1.85 bits per heavy atom. The van der Waals surface area contributed by atoms with Gasteiger partial charge in [-0.15, -0.1) is 0 Å². The van der Waals surface area contributed by atoms with Gasteiger partial charge in [0.2, 0.25) is 5.91 Å². The average molecular weight is 378 g/mol. The Labute approximate surface area is 152 Å². The molecular formula is C18H14ClF2N3O2. The zero-order valence-electron chi connectivity index (χ0n) is 13.6. The van der Waals surface area contributed by atoms with E-state index >= 15 is 0 Å². The first kappa shape index (κ1) is 17.9. The second-order valence-corrected chi connectivity index (χ2v) is 6.05. The van der Waals surface area contributed by atoms with E-state index in [1.165, 1.54) is 13.1 Å². The molecule has 26 heavy (non-hydrogen) atoms. The first-order valence-corrected chi connectivity index (χ1v) is 8.02. The number of carbonyl (C=O) groups is 2. The molecule has 3 N–H and O–H groups in total. The Balaban J connectivity index is 1.91. The maximum absolute atomic E-state index is 13.5. The number of hydrogen-bond acceptors (Lipinski definition) is 2. The van der Waals surface area contributed by atoms with Crippen LogP contribution in [0.1, 0.15) is 22.1 Å². The topological polar surface area (TPSA) is 74.0 Å². The third kappa shape index (κ3) is 3.52. The van der Waals surface area contributed by atoms with Gasteiger partial charge in [0.05, 0.1) is 0 Å². The van der Waals surface area contributed by atoms with Gasteiger partial charge in [-0.25, -0.2) is 8.78 Å². The Morgan fingerprint density at radius 1 is 1.08 bits per heavy atom. The van der Waals surface area contributed by atoms with Crippen molar-refractivity contribution in [2.45, 2.75) is 6.04 Å². The van der Waals surface area contributed by atoms with Crippen molar-refractivity contribution in [3.63, 3.8) is 0 Å². The van der Waals surface area contributed by atoms with Gasteiger partial charge in [0.15, 0.2) is 11.6 Å². The van der Waals surface area contributed by atoms with Crippen LogP contribution in [0, 0.1) is 11.6 Å². The molecule has 8 heteroatoms. The molecule has 1 aromatic heterocycles. The quantitative estimate of drug-likeness (QED) is 0.652. The Bertz CT molecular complexity index is 1000. The minimum atomic E-state index is -1.18. The number of amides is 2. The smallest absolute Gasteiger partial charge is 0.268 e. The molecule has 1 heterocycles. The van der Waals surface area contributed by atoms with Crippen LogP contribution in [0.4, 0.5) is 8.78 Å². The molecule has 0 radical (unpaired) electrons. The fraction of sp³-hybridized carbons (Fsp3) is 0.111. The fourth-order valence-electron chi connectivity index (χ4n) is 2.57. The summed E-state index contributed by atoms with van der Waals surface area (Å²) in [4.78, 5) is 27.6. The highest BCUT2D eigenvalue weighted by Gasteiger charge is 2.24. The second-order valence-electron chi connectivity index (χ2n) is 5.61. The fourth-order valence-corrected chi connectivity index (χ4v) is 2.75. The van der Waals surface area contributed by atoms with Crippen molar-refractivity contribution in [2.75, 3.05) is 7.05 Å². The third-order valence-corrected chi connectivity index (χ3v) is 4.12. The number of likely N-dealkylation sites (N-methyl/N-ethyl adjacent to an activating group) is 1. The molecule has 1 atom stereocenters. The Morgan fingerprint density at radius 3 is 2.54 bits per heavy atom. The van der Waals surface area contributed by atoms with E-state index in [4.69, 9.17) is 11.6 Å². The predicted molar refractivity (Wildman–Crippen MR) is 93.9 cm³/mol. The van der Waals surface area contributed by atoms with Gasteiger partial charge in [-0.1, -0.05) is 17.7 Å². The number of nitrogens with one attached hydrogen (secondary N) is 3. The van der Waals surface area contributed by atoms with Crippen LogP contribution in [0.15, 0.2) is 42.5 Å². The Kier molecular flexibility index (Phi) is 4.90. The summed E-state index contributed by atoms with van der Waals surface area (Å²) >= 11 is 5.93. The zero-order chi connectivity index (χ0) is 18.8. The van der Waals surface area contributed by atoms with E-state index in [0.29, 0.717) is 10.5 Å². The summed E-state index contributed by atoms with van der Waals surface area (Å²) in [5.41, 5.74) is 1.03. The van der Waals surface area contributed by atoms with Crippen LogP contribution in [0.3, 0.4) is 0 Å². The minimum Gasteiger partial charge on any atom is -0.357 e. The van der Waals surface area contributed by atoms with Gasteiger partial charge >= 0.3 is 0 Å². The van der Waals surface area contributed by atoms with Gasteiger partial charge in [0, 0.05) is 23.0 Å². The van der Waals surface area contributed by atoms with Crippen molar-refractivity contribution in [3.05, 3.63) is 70.4 Å². The molecule has 0 saturated carbocycles. The molecule has 0 saturated heterocycles. The van der Waals surface area contributed by atoms with E-state index in [1.807, 2.05) is 0 Å². The summed E-state index contributed by atoms with van der Waals surface area (Å²) < 4.78 is 26.7. The van der Waals surface area contributed by atoms with Gasteiger partial charge in [-0.3, -0.25) is 9.59 Å². The Hall–Kier alpha value is -2.93. The van der Waals surface area contributed by atoms with Crippen LogP contribution in [0.5, 0.6) is 0 Å². The number of benzene rings is 2. The number of hydrogen-bond donors (Lipinski definition) is 3. The number of halogens is 3. The molecule has 5 nitrogen and oxygen atoms in total. The van der Waals surface area contributed by atoms with Gasteiger partial charge in [0.1, 0.15) is 11.7 Å². The number of aromatic amines is 1. The lowest BCUT2D eigenvalue weighted by Gasteiger charge is -2.17. The highest BCUT2D eigenvalue weighted by Crippen LogP contribution is 2.21. The van der Waals surface area contributed by atoms with E-state index in [1.54, 1.807) is 24.3 Å². The summed E-state index contributed by atoms with van der Waals surface area (Å²) in [5.74, 6) is -3.28. The van der Waals surface area contributed by atoms with Crippen molar-refractivity contribution >= 4 is 34.3 Å². The summed E-state index contributed by atoms with van der Waals surface area (Å²) in [6, 6.07) is 8.51. The van der Waals surface area contributed by atoms with Gasteiger partial charge < -0.3 is 15.6 Å². The predicted octanol–water partition coefficient (Wildman–Crippen LogP) is 3.32. The van der Waals surface area contributed by atoms with Gasteiger partial charge in [-0.2, -0.15) is 0 Å². The largest absolute Gasteiger partial charge is 0.357 e. The lowest BCUT2D eigenvalue weighted by atomic mass is 10.1. The molecule has 2 aromatic carbocycles. The number of fused-ring (bicyclic) bond motifs is 1. The van der Waals surface area contributed by atoms with E-state index < -0.39 is 29.5 Å². The number of aromatic nitrogens is 1. The molecular weight excluding hydrogens is 364 g/mol. The maximum atomic E-state index is 13.5. The SMILES string of the molecule is CNC(=O)C(NC(=O)c1cc2cc(Cl)ccc2[nH]1)c1ccc(F)c(F)c1. The maximum Gasteiger partial charge on any atom is 0.268 e. The summed E-state index contributed by atoms with van der Waals surface area (Å²) in [5, 5.41) is 6.16. The molecule has 0 spiro atoms. The monoisotopic (exact) mass is 377 g/mol. The van der Waals surface area contributed by atoms with Gasteiger partial charge in [0.25, 0.3) is 5.91 Å². The molecule has 3 aromatic rings. The lowest BCUT2D eigenvalue weighted by molar-refractivity contribution is -0.122. The number of carbonyl (C=O) groups excluding carboxylic acids is 2. The van der Waals surface area contributed by atoms with Crippen LogP contribution >= 0.6 is 11.6 Å². The van der Waals surface area contributed by atoms with Crippen molar-refractivity contribution in [3.8, 4) is 0 Å². The normalized spacial score (nSPS) is 12.0. The molecule has 134 valence electrons. The summed E-state index contributed by atoms with van der Waals surface area (Å²) in [7, 11) is 1.38. The first-order valence-electron chi connectivity index (χ1n) is 7.64. The highest BCUT2D eigenvalue weighted by molar-refractivity contribution is 6.31. The van der Waals surface area contributed by atoms with Crippen molar-refractivity contribution in [1.29, 1.82) is 0 Å². The van der Waals surface area contributed by atoms with Crippen LogP contribution < -0.4 is 10.6 Å². The first-order chi connectivity index (χ1) is 12.4. The standard InChI is InChI=1S/C18H14ClF2N3O2/c1-22-18(26)16(9-2-4-12(20)13(21)7-9)24-17(25)15-8-10-6-11(19)3-5-14(10)23-15/h2-8,16,23H,1H3,(H,22,26)(H,24,25). The van der Waals surface area contributed by atoms with Crippen molar-refractivity contribution in [1.82, 2.24) is 15.6 Å². The molecule has 0 fully saturated rings. The zero-order valence-corrected chi connectivity index (χ0v) is 14.3. The molecule has 0 bridgehead atoms. The van der Waals surface area contributed by atoms with E-state index in [-0.39, 0.29) is 11.3 Å². The molecule has 0 aliphatic rings. The number of rotatable bonds is 4. The van der Waals surface area contributed by atoms with Gasteiger partial charge in [-0.05, 0) is 42.0 Å². The van der Waals surface area contributed by atoms with Crippen molar-refractivity contribution < 1.29 is 18.4 Å². The molecule has 3 rings (SSSR count). The van der Waals surface area contributed by atoms with Crippen molar-refractivity contribution in [2.24, 2.45) is 0 Å². The highest BCUT2D eigenvalue weighted by atomic mass is 35.5. The van der Waals surface area contributed by atoms with E-state index in [9.17, 15) is 18.4 Å². The van der Waals surface area contributed by atoms with E-state index in [0.717, 1.165) is 17.5 Å². The number of H-pyrrole nitrogens is 1. The molecule has 2 amide bonds. The van der Waals surface area contributed by atoms with E-state index in [2.05, 4.69) is 15.6 Å². The third-order valence-electron chi connectivity index (χ3n) is 3.89. The van der Waals surface area contributed by atoms with Crippen LogP contribution in [-0.2, 0) is 4.79 Å². The molecule has 0 aliphatic carbocycles. The molecule has 1 unspecified atom stereocenters. The average Bonchev–Trinajstić information content (AvgIpc) is 3.04. The molecule has 0 aliphatic heterocycles. The second kappa shape index (κ2) is 7.13. The summed E-state index contributed by atoms with van der Waals surface area (Å²) in [6.45, 7) is 0. The summed E-state index contributed by atoms with van der Waals surface area (Å²) in [6.07, 6.45) is 0. The van der Waals surface area contributed by atoms with Crippen LogP contribution in [0.25, 0.3) is 10.9 Å². The van der Waals surface area contributed by atoms with Crippen LogP contribution in [-0.4, -0.2) is 23.8 Å². The van der Waals surface area contributed by atoms with Crippen LogP contribution in [0.2, 0.25) is 5.02 Å². The lowest BCUT2D eigenvalue weighted by Crippen LogP contribution is -2.39. The minimum absolute atomic E-state index is 0.121.